The highest BCUT2D eigenvalue weighted by atomic mass is 14.9. The average molecular weight is 247 g/mol. The summed E-state index contributed by atoms with van der Waals surface area (Å²) in [6.45, 7) is 7.96. The summed E-state index contributed by atoms with van der Waals surface area (Å²) in [7, 11) is 0. The van der Waals surface area contributed by atoms with Crippen LogP contribution < -0.4 is 5.32 Å². The van der Waals surface area contributed by atoms with Gasteiger partial charge in [-0.15, -0.1) is 0 Å². The normalized spacial score (nSPS) is 28.6. The van der Waals surface area contributed by atoms with E-state index in [1.54, 1.807) is 6.33 Å². The maximum atomic E-state index is 4.07. The second-order valence-corrected chi connectivity index (χ2v) is 6.06. The van der Waals surface area contributed by atoms with Crippen molar-refractivity contribution < 1.29 is 0 Å². The summed E-state index contributed by atoms with van der Waals surface area (Å²) < 4.78 is 0. The Hall–Kier alpha value is -0.960. The fourth-order valence-corrected chi connectivity index (χ4v) is 3.11. The van der Waals surface area contributed by atoms with Crippen LogP contribution >= 0.6 is 0 Å². The Morgan fingerprint density at radius 3 is 2.67 bits per heavy atom. The molecule has 1 fully saturated rings. The zero-order chi connectivity index (χ0) is 13.0. The summed E-state index contributed by atoms with van der Waals surface area (Å²) >= 11 is 0. The van der Waals surface area contributed by atoms with Gasteiger partial charge < -0.3 is 5.32 Å². The van der Waals surface area contributed by atoms with Crippen molar-refractivity contribution in [2.45, 2.75) is 52.6 Å². The molecule has 18 heavy (non-hydrogen) atoms. The zero-order valence-electron chi connectivity index (χ0n) is 11.8. The number of rotatable bonds is 4. The molecular formula is C15H25N3. The second-order valence-electron chi connectivity index (χ2n) is 6.06. The molecule has 3 unspecified atom stereocenters. The molecule has 1 aromatic rings. The summed E-state index contributed by atoms with van der Waals surface area (Å²) in [6.07, 6.45) is 9.43. The standard InChI is InChI=1S/C15H25N3/c1-11(2)14-5-4-12(3)6-15(14)18-9-13-7-16-10-17-8-13/h7-8,10-12,14-15,18H,4-6,9H2,1-3H3. The molecule has 1 N–H and O–H groups in total. The molecule has 1 saturated carbocycles. The molecule has 0 bridgehead atoms. The lowest BCUT2D eigenvalue weighted by molar-refractivity contribution is 0.169. The quantitative estimate of drug-likeness (QED) is 0.888. The lowest BCUT2D eigenvalue weighted by Crippen LogP contribution is -2.42. The van der Waals surface area contributed by atoms with E-state index in [-0.39, 0.29) is 0 Å². The van der Waals surface area contributed by atoms with Gasteiger partial charge in [0.05, 0.1) is 0 Å². The summed E-state index contributed by atoms with van der Waals surface area (Å²) in [6, 6.07) is 0.647. The molecule has 0 aliphatic heterocycles. The predicted molar refractivity (Wildman–Crippen MR) is 74.0 cm³/mol. The van der Waals surface area contributed by atoms with Gasteiger partial charge in [-0.2, -0.15) is 0 Å². The zero-order valence-corrected chi connectivity index (χ0v) is 11.8. The molecule has 3 nitrogen and oxygen atoms in total. The molecule has 1 heterocycles. The molecule has 0 amide bonds. The Morgan fingerprint density at radius 1 is 1.28 bits per heavy atom. The Morgan fingerprint density at radius 2 is 2.00 bits per heavy atom. The third-order valence-electron chi connectivity index (χ3n) is 4.20. The largest absolute Gasteiger partial charge is 0.310 e. The van der Waals surface area contributed by atoms with Gasteiger partial charge in [-0.3, -0.25) is 0 Å². The summed E-state index contributed by atoms with van der Waals surface area (Å²) in [5.41, 5.74) is 1.18. The topological polar surface area (TPSA) is 37.8 Å². The minimum Gasteiger partial charge on any atom is -0.310 e. The summed E-state index contributed by atoms with van der Waals surface area (Å²) in [5, 5.41) is 3.72. The van der Waals surface area contributed by atoms with Gasteiger partial charge in [-0.05, 0) is 30.6 Å². The van der Waals surface area contributed by atoms with E-state index >= 15 is 0 Å². The van der Waals surface area contributed by atoms with Gasteiger partial charge in [-0.25, -0.2) is 9.97 Å². The van der Waals surface area contributed by atoms with E-state index in [4.69, 9.17) is 0 Å². The van der Waals surface area contributed by atoms with Crippen LogP contribution in [0, 0.1) is 17.8 Å². The molecule has 0 aromatic carbocycles. The van der Waals surface area contributed by atoms with E-state index in [1.165, 1.54) is 24.8 Å². The molecule has 0 saturated heterocycles. The molecular weight excluding hydrogens is 222 g/mol. The third-order valence-corrected chi connectivity index (χ3v) is 4.20. The minimum absolute atomic E-state index is 0.647. The van der Waals surface area contributed by atoms with E-state index in [1.807, 2.05) is 12.4 Å². The number of hydrogen-bond donors (Lipinski definition) is 1. The van der Waals surface area contributed by atoms with Crippen molar-refractivity contribution in [3.8, 4) is 0 Å². The summed E-state index contributed by atoms with van der Waals surface area (Å²) in [4.78, 5) is 8.13. The number of aromatic nitrogens is 2. The van der Waals surface area contributed by atoms with Crippen LogP contribution in [0.15, 0.2) is 18.7 Å². The van der Waals surface area contributed by atoms with E-state index in [0.29, 0.717) is 6.04 Å². The Kier molecular flexibility index (Phi) is 4.70. The van der Waals surface area contributed by atoms with Gasteiger partial charge in [0.25, 0.3) is 0 Å². The minimum atomic E-state index is 0.647. The van der Waals surface area contributed by atoms with E-state index < -0.39 is 0 Å². The van der Waals surface area contributed by atoms with Crippen LogP contribution in [0.2, 0.25) is 0 Å². The van der Waals surface area contributed by atoms with Gasteiger partial charge in [0.1, 0.15) is 6.33 Å². The van der Waals surface area contributed by atoms with Gasteiger partial charge in [0, 0.05) is 30.5 Å². The van der Waals surface area contributed by atoms with Crippen molar-refractivity contribution in [1.82, 2.24) is 15.3 Å². The van der Waals surface area contributed by atoms with Gasteiger partial charge in [0.15, 0.2) is 0 Å². The molecule has 0 radical (unpaired) electrons. The van der Waals surface area contributed by atoms with Crippen LogP contribution in [0.1, 0.15) is 45.6 Å². The van der Waals surface area contributed by atoms with Crippen molar-refractivity contribution in [2.24, 2.45) is 17.8 Å². The van der Waals surface area contributed by atoms with Crippen molar-refractivity contribution in [1.29, 1.82) is 0 Å². The van der Waals surface area contributed by atoms with Crippen molar-refractivity contribution in [2.75, 3.05) is 0 Å². The highest BCUT2D eigenvalue weighted by Gasteiger charge is 2.30. The van der Waals surface area contributed by atoms with Crippen LogP contribution in [0.5, 0.6) is 0 Å². The average Bonchev–Trinajstić information content (AvgIpc) is 2.37. The number of nitrogens with one attached hydrogen (secondary N) is 1. The second kappa shape index (κ2) is 6.28. The maximum Gasteiger partial charge on any atom is 0.115 e. The summed E-state index contributed by atoms with van der Waals surface area (Å²) in [5.74, 6) is 2.43. The monoisotopic (exact) mass is 247 g/mol. The van der Waals surface area contributed by atoms with Crippen LogP contribution in [0.3, 0.4) is 0 Å². The van der Waals surface area contributed by atoms with Crippen molar-refractivity contribution >= 4 is 0 Å². The highest BCUT2D eigenvalue weighted by Crippen LogP contribution is 2.33. The molecule has 3 heteroatoms. The Labute approximate surface area is 110 Å². The van der Waals surface area contributed by atoms with Crippen LogP contribution in [0.25, 0.3) is 0 Å². The first-order valence-electron chi connectivity index (χ1n) is 7.14. The molecule has 100 valence electrons. The fourth-order valence-electron chi connectivity index (χ4n) is 3.11. The SMILES string of the molecule is CC1CCC(C(C)C)C(NCc2cncnc2)C1. The van der Waals surface area contributed by atoms with Gasteiger partial charge >= 0.3 is 0 Å². The molecule has 0 spiro atoms. The smallest absolute Gasteiger partial charge is 0.115 e. The van der Waals surface area contributed by atoms with Crippen LogP contribution in [-0.4, -0.2) is 16.0 Å². The molecule has 2 rings (SSSR count). The third kappa shape index (κ3) is 3.52. The first-order valence-corrected chi connectivity index (χ1v) is 7.14. The Balaban J connectivity index is 1.92. The molecule has 1 aliphatic rings. The van der Waals surface area contributed by atoms with Gasteiger partial charge in [0.2, 0.25) is 0 Å². The van der Waals surface area contributed by atoms with Crippen molar-refractivity contribution in [3.05, 3.63) is 24.3 Å². The van der Waals surface area contributed by atoms with Crippen LogP contribution in [0.4, 0.5) is 0 Å². The predicted octanol–water partition coefficient (Wildman–Crippen LogP) is 3.03. The maximum absolute atomic E-state index is 4.07. The van der Waals surface area contributed by atoms with E-state index in [9.17, 15) is 0 Å². The fraction of sp³-hybridized carbons (Fsp3) is 0.733. The van der Waals surface area contributed by atoms with Crippen LogP contribution in [-0.2, 0) is 6.54 Å². The highest BCUT2D eigenvalue weighted by molar-refractivity contribution is 5.02. The first-order chi connectivity index (χ1) is 8.66. The first kappa shape index (κ1) is 13.5. The molecule has 3 atom stereocenters. The van der Waals surface area contributed by atoms with Gasteiger partial charge in [-0.1, -0.05) is 27.2 Å². The van der Waals surface area contributed by atoms with E-state index in [0.717, 1.165) is 24.3 Å². The molecule has 1 aliphatic carbocycles. The lowest BCUT2D eigenvalue weighted by atomic mass is 9.74. The lowest BCUT2D eigenvalue weighted by Gasteiger charge is -2.38. The number of hydrogen-bond acceptors (Lipinski definition) is 3. The number of nitrogens with zero attached hydrogens (tertiary/aromatic N) is 2. The van der Waals surface area contributed by atoms with E-state index in [2.05, 4.69) is 36.1 Å². The molecule has 1 aromatic heterocycles. The Bertz CT molecular complexity index is 350. The van der Waals surface area contributed by atoms with Crippen molar-refractivity contribution in [3.63, 3.8) is 0 Å².